The van der Waals surface area contributed by atoms with Crippen LogP contribution in [0.4, 0.5) is 0 Å². The minimum absolute atomic E-state index is 0.115. The molecule has 0 radical (unpaired) electrons. The normalized spacial score (nSPS) is 10.9. The predicted octanol–water partition coefficient (Wildman–Crippen LogP) is 4.34. The third-order valence-electron chi connectivity index (χ3n) is 4.12. The molecule has 0 unspecified atom stereocenters. The Morgan fingerprint density at radius 3 is 2.58 bits per heavy atom. The molecule has 0 aliphatic rings. The minimum Gasteiger partial charge on any atom is -0.302 e. The Labute approximate surface area is 157 Å². The highest BCUT2D eigenvalue weighted by Crippen LogP contribution is 2.25. The van der Waals surface area contributed by atoms with E-state index in [0.29, 0.717) is 5.75 Å². The Morgan fingerprint density at radius 2 is 1.88 bits per heavy atom. The van der Waals surface area contributed by atoms with Crippen molar-refractivity contribution in [3.8, 4) is 11.4 Å². The van der Waals surface area contributed by atoms with E-state index in [1.807, 2.05) is 44.2 Å². The van der Waals surface area contributed by atoms with E-state index in [1.165, 1.54) is 11.8 Å². The van der Waals surface area contributed by atoms with Crippen LogP contribution in [-0.2, 0) is 6.54 Å². The lowest BCUT2D eigenvalue weighted by atomic mass is 10.0. The van der Waals surface area contributed by atoms with Gasteiger partial charge in [-0.05, 0) is 38.0 Å². The number of pyridine rings is 1. The Balaban J connectivity index is 1.79. The van der Waals surface area contributed by atoms with Crippen molar-refractivity contribution in [1.29, 1.82) is 0 Å². The van der Waals surface area contributed by atoms with E-state index in [2.05, 4.69) is 26.7 Å². The standard InChI is InChI=1S/C20H22N4OS/c1-4-11-24-19(16-7-9-21-10-8-16)22-23-20(24)26-13-18(25)17-6-5-14(2)12-15(17)3/h5-10,12H,4,11,13H2,1-3H3. The molecule has 0 bridgehead atoms. The van der Waals surface area contributed by atoms with Gasteiger partial charge in [0.1, 0.15) is 0 Å². The van der Waals surface area contributed by atoms with E-state index in [0.717, 1.165) is 46.2 Å². The Hall–Kier alpha value is -2.47. The first-order valence-corrected chi connectivity index (χ1v) is 9.65. The molecule has 0 spiro atoms. The van der Waals surface area contributed by atoms with Gasteiger partial charge in [-0.15, -0.1) is 10.2 Å². The second-order valence-electron chi connectivity index (χ2n) is 6.22. The van der Waals surface area contributed by atoms with Crippen molar-refractivity contribution in [3.63, 3.8) is 0 Å². The van der Waals surface area contributed by atoms with Crippen LogP contribution in [0.5, 0.6) is 0 Å². The van der Waals surface area contributed by atoms with Crippen molar-refractivity contribution in [2.24, 2.45) is 0 Å². The number of ketones is 1. The van der Waals surface area contributed by atoms with Gasteiger partial charge in [0.15, 0.2) is 16.8 Å². The molecule has 0 amide bonds. The summed E-state index contributed by atoms with van der Waals surface area (Å²) in [5.74, 6) is 1.28. The summed E-state index contributed by atoms with van der Waals surface area (Å²) in [6.07, 6.45) is 4.46. The van der Waals surface area contributed by atoms with E-state index >= 15 is 0 Å². The minimum atomic E-state index is 0.115. The van der Waals surface area contributed by atoms with Crippen molar-refractivity contribution >= 4 is 17.5 Å². The van der Waals surface area contributed by atoms with Gasteiger partial charge in [0, 0.05) is 30.1 Å². The molecule has 26 heavy (non-hydrogen) atoms. The van der Waals surface area contributed by atoms with Crippen LogP contribution in [0.1, 0.15) is 34.8 Å². The molecule has 0 aliphatic heterocycles. The first-order valence-electron chi connectivity index (χ1n) is 8.67. The maximum Gasteiger partial charge on any atom is 0.191 e. The molecule has 0 fully saturated rings. The summed E-state index contributed by atoms with van der Waals surface area (Å²) < 4.78 is 2.08. The smallest absolute Gasteiger partial charge is 0.191 e. The van der Waals surface area contributed by atoms with Gasteiger partial charge in [-0.1, -0.05) is 42.4 Å². The number of hydrogen-bond donors (Lipinski definition) is 0. The van der Waals surface area contributed by atoms with Gasteiger partial charge in [0.2, 0.25) is 0 Å². The van der Waals surface area contributed by atoms with Crippen molar-refractivity contribution in [3.05, 3.63) is 59.4 Å². The molecule has 2 aromatic heterocycles. The third-order valence-corrected chi connectivity index (χ3v) is 5.08. The van der Waals surface area contributed by atoms with Gasteiger partial charge in [-0.2, -0.15) is 0 Å². The van der Waals surface area contributed by atoms with Crippen molar-refractivity contribution in [2.45, 2.75) is 38.9 Å². The Morgan fingerprint density at radius 1 is 1.12 bits per heavy atom. The van der Waals surface area contributed by atoms with Gasteiger partial charge in [0.05, 0.1) is 5.75 Å². The molecule has 0 atom stereocenters. The summed E-state index contributed by atoms with van der Waals surface area (Å²) in [6, 6.07) is 9.77. The van der Waals surface area contributed by atoms with Gasteiger partial charge >= 0.3 is 0 Å². The number of carbonyl (C=O) groups excluding carboxylic acids is 1. The zero-order valence-electron chi connectivity index (χ0n) is 15.3. The van der Waals surface area contributed by atoms with Crippen LogP contribution in [0.15, 0.2) is 47.9 Å². The molecule has 2 heterocycles. The van der Waals surface area contributed by atoms with Crippen LogP contribution in [0, 0.1) is 13.8 Å². The van der Waals surface area contributed by atoms with Crippen LogP contribution in [-0.4, -0.2) is 31.3 Å². The predicted molar refractivity (Wildman–Crippen MR) is 105 cm³/mol. The number of nitrogens with zero attached hydrogens (tertiary/aromatic N) is 4. The van der Waals surface area contributed by atoms with Gasteiger partial charge in [-0.25, -0.2) is 0 Å². The molecule has 3 rings (SSSR count). The van der Waals surface area contributed by atoms with Crippen molar-refractivity contribution in [2.75, 3.05) is 5.75 Å². The molecule has 0 aliphatic carbocycles. The van der Waals surface area contributed by atoms with Gasteiger partial charge in [0.25, 0.3) is 0 Å². The molecule has 6 heteroatoms. The Kier molecular flexibility index (Phi) is 5.83. The van der Waals surface area contributed by atoms with Crippen LogP contribution < -0.4 is 0 Å². The third kappa shape index (κ3) is 4.02. The van der Waals surface area contributed by atoms with E-state index < -0.39 is 0 Å². The highest BCUT2D eigenvalue weighted by molar-refractivity contribution is 7.99. The summed E-state index contributed by atoms with van der Waals surface area (Å²) in [5.41, 5.74) is 3.94. The summed E-state index contributed by atoms with van der Waals surface area (Å²) in [7, 11) is 0. The number of thioether (sulfide) groups is 1. The number of carbonyl (C=O) groups is 1. The van der Waals surface area contributed by atoms with Crippen LogP contribution in [0.3, 0.4) is 0 Å². The topological polar surface area (TPSA) is 60.7 Å². The first-order chi connectivity index (χ1) is 12.6. The maximum atomic E-state index is 12.6. The molecular weight excluding hydrogens is 344 g/mol. The molecule has 1 aromatic carbocycles. The summed E-state index contributed by atoms with van der Waals surface area (Å²) in [6.45, 7) is 6.94. The summed E-state index contributed by atoms with van der Waals surface area (Å²) in [4.78, 5) is 16.7. The second kappa shape index (κ2) is 8.27. The van der Waals surface area contributed by atoms with Gasteiger partial charge < -0.3 is 4.57 Å². The average Bonchev–Trinajstić information content (AvgIpc) is 3.03. The van der Waals surface area contributed by atoms with E-state index in [9.17, 15) is 4.79 Å². The summed E-state index contributed by atoms with van der Waals surface area (Å²) >= 11 is 1.44. The fourth-order valence-electron chi connectivity index (χ4n) is 2.87. The highest BCUT2D eigenvalue weighted by atomic mass is 32.2. The summed E-state index contributed by atoms with van der Waals surface area (Å²) in [5, 5.41) is 9.43. The molecule has 134 valence electrons. The fourth-order valence-corrected chi connectivity index (χ4v) is 3.72. The lowest BCUT2D eigenvalue weighted by Gasteiger charge is -2.09. The molecule has 0 saturated carbocycles. The number of Topliss-reactive ketones (excluding diaryl/α,β-unsaturated/α-hetero) is 1. The molecule has 0 N–H and O–H groups in total. The van der Waals surface area contributed by atoms with Crippen LogP contribution >= 0.6 is 11.8 Å². The number of aryl methyl sites for hydroxylation is 2. The zero-order valence-corrected chi connectivity index (χ0v) is 16.1. The quantitative estimate of drug-likeness (QED) is 0.460. The molecule has 3 aromatic rings. The van der Waals surface area contributed by atoms with Gasteiger partial charge in [-0.3, -0.25) is 9.78 Å². The van der Waals surface area contributed by atoms with E-state index in [4.69, 9.17) is 0 Å². The monoisotopic (exact) mass is 366 g/mol. The van der Waals surface area contributed by atoms with Crippen LogP contribution in [0.25, 0.3) is 11.4 Å². The first kappa shape index (κ1) is 18.3. The second-order valence-corrected chi connectivity index (χ2v) is 7.17. The SMILES string of the molecule is CCCn1c(SCC(=O)c2ccc(C)cc2C)nnc1-c1ccncc1. The number of benzene rings is 1. The van der Waals surface area contributed by atoms with Crippen molar-refractivity contribution < 1.29 is 4.79 Å². The van der Waals surface area contributed by atoms with E-state index in [-0.39, 0.29) is 5.78 Å². The Bertz CT molecular complexity index is 905. The zero-order chi connectivity index (χ0) is 18.5. The lowest BCUT2D eigenvalue weighted by Crippen LogP contribution is -2.07. The van der Waals surface area contributed by atoms with E-state index in [1.54, 1.807) is 12.4 Å². The fraction of sp³-hybridized carbons (Fsp3) is 0.300. The van der Waals surface area contributed by atoms with Crippen molar-refractivity contribution in [1.82, 2.24) is 19.7 Å². The average molecular weight is 366 g/mol. The lowest BCUT2D eigenvalue weighted by molar-refractivity contribution is 0.102. The maximum absolute atomic E-state index is 12.6. The number of hydrogen-bond acceptors (Lipinski definition) is 5. The molecule has 0 saturated heterocycles. The molecule has 5 nitrogen and oxygen atoms in total. The number of aromatic nitrogens is 4. The highest BCUT2D eigenvalue weighted by Gasteiger charge is 2.16. The number of rotatable bonds is 7. The largest absolute Gasteiger partial charge is 0.302 e. The molecular formula is C20H22N4OS. The van der Waals surface area contributed by atoms with Crippen LogP contribution in [0.2, 0.25) is 0 Å².